The third kappa shape index (κ3) is 9.49. The smallest absolute Gasteiger partial charge is 0.303 e. The van der Waals surface area contributed by atoms with Gasteiger partial charge in [-0.1, -0.05) is 30.7 Å². The predicted octanol–water partition coefficient (Wildman–Crippen LogP) is 3.23. The molecule has 3 heterocycles. The van der Waals surface area contributed by atoms with Crippen molar-refractivity contribution in [1.82, 2.24) is 10.2 Å². The van der Waals surface area contributed by atoms with Gasteiger partial charge in [-0.2, -0.15) is 0 Å². The highest BCUT2D eigenvalue weighted by molar-refractivity contribution is 5.87. The summed E-state index contributed by atoms with van der Waals surface area (Å²) in [5.74, 6) is -0.358. The summed E-state index contributed by atoms with van der Waals surface area (Å²) in [6.45, 7) is 14.8. The molecule has 9 atom stereocenters. The summed E-state index contributed by atoms with van der Waals surface area (Å²) < 4.78 is 23.1. The SMILES string of the molecule is CCN(CC)C(=O)C[C@@H]1CC2(CO2)[C@H](O)[C@@H](/C=C/C(C)=C/C[C@@H]2O[C@H](C)[C@H](NC(=O)/C=C\[C@H](C)OC(C)=O)C[C@@H]2C)O1. The summed E-state index contributed by atoms with van der Waals surface area (Å²) in [4.78, 5) is 37.9. The van der Waals surface area contributed by atoms with Crippen LogP contribution < -0.4 is 5.32 Å². The highest BCUT2D eigenvalue weighted by Gasteiger charge is 2.58. The summed E-state index contributed by atoms with van der Waals surface area (Å²) >= 11 is 0. The van der Waals surface area contributed by atoms with Crippen LogP contribution >= 0.6 is 0 Å². The van der Waals surface area contributed by atoms with Gasteiger partial charge in [-0.3, -0.25) is 14.4 Å². The Morgan fingerprint density at radius 3 is 2.45 bits per heavy atom. The minimum atomic E-state index is -0.782. The number of hydrogen-bond donors (Lipinski definition) is 2. The third-order valence-electron chi connectivity index (χ3n) is 8.44. The molecule has 3 aliphatic heterocycles. The van der Waals surface area contributed by atoms with Crippen molar-refractivity contribution < 1.29 is 38.4 Å². The highest BCUT2D eigenvalue weighted by atomic mass is 16.6. The molecule has 10 nitrogen and oxygen atoms in total. The first kappa shape index (κ1) is 34.0. The molecule has 3 fully saturated rings. The standard InChI is InChI=1S/C32H50N2O8/c1-8-34(9-2)30(37)17-25-18-32(19-39-32)31(38)28(42-25)14-11-20(3)10-13-27-21(4)16-26(23(6)41-27)33-29(36)15-12-22(5)40-24(7)35/h10-12,14-15,21-23,25-28,31,38H,8-9,13,16-19H2,1-7H3,(H,33,36)/b14-11+,15-12-,20-10+/t21-,22-,23+,25+,26+,27-,28+,31+,32?/m0/s1. The number of amides is 2. The number of carbonyl (C=O) groups is 3. The first-order valence-electron chi connectivity index (χ1n) is 15.3. The first-order chi connectivity index (χ1) is 19.9. The topological polar surface area (TPSA) is 127 Å². The molecule has 0 aromatic carbocycles. The van der Waals surface area contributed by atoms with E-state index in [1.807, 2.05) is 39.8 Å². The molecular weight excluding hydrogens is 540 g/mol. The van der Waals surface area contributed by atoms with E-state index in [0.717, 1.165) is 12.0 Å². The quantitative estimate of drug-likeness (QED) is 0.154. The van der Waals surface area contributed by atoms with Gasteiger partial charge in [0, 0.05) is 32.5 Å². The van der Waals surface area contributed by atoms with Gasteiger partial charge in [-0.15, -0.1) is 0 Å². The number of nitrogens with zero attached hydrogens (tertiary/aromatic N) is 1. The van der Waals surface area contributed by atoms with Crippen LogP contribution in [0, 0.1) is 5.92 Å². The second-order valence-corrected chi connectivity index (χ2v) is 11.9. The fourth-order valence-corrected chi connectivity index (χ4v) is 5.79. The van der Waals surface area contributed by atoms with E-state index < -0.39 is 29.9 Å². The fraction of sp³-hybridized carbons (Fsp3) is 0.719. The van der Waals surface area contributed by atoms with Crippen molar-refractivity contribution in [2.24, 2.45) is 5.92 Å². The second-order valence-electron chi connectivity index (χ2n) is 11.9. The van der Waals surface area contributed by atoms with Crippen LogP contribution in [0.25, 0.3) is 0 Å². The van der Waals surface area contributed by atoms with Gasteiger partial charge in [-0.05, 0) is 59.5 Å². The van der Waals surface area contributed by atoms with Gasteiger partial charge < -0.3 is 34.3 Å². The van der Waals surface area contributed by atoms with E-state index in [2.05, 4.69) is 18.3 Å². The number of esters is 1. The molecule has 1 unspecified atom stereocenters. The van der Waals surface area contributed by atoms with E-state index in [-0.39, 0.29) is 48.5 Å². The molecule has 236 valence electrons. The lowest BCUT2D eigenvalue weighted by Crippen LogP contribution is -2.51. The molecule has 1 spiro atoms. The normalized spacial score (nSPS) is 34.0. The van der Waals surface area contributed by atoms with Crippen LogP contribution in [0.15, 0.2) is 36.0 Å². The Hall–Kier alpha value is -2.53. The number of aliphatic hydroxyl groups excluding tert-OH is 1. The molecule has 0 aliphatic carbocycles. The first-order valence-corrected chi connectivity index (χ1v) is 15.3. The van der Waals surface area contributed by atoms with Crippen LogP contribution in [0.4, 0.5) is 0 Å². The van der Waals surface area contributed by atoms with Crippen molar-refractivity contribution in [2.45, 2.75) is 122 Å². The van der Waals surface area contributed by atoms with E-state index >= 15 is 0 Å². The Kier molecular flexibility index (Phi) is 12.4. The Balaban J connectivity index is 1.51. The number of rotatable bonds is 12. The zero-order valence-corrected chi connectivity index (χ0v) is 26.2. The molecule has 42 heavy (non-hydrogen) atoms. The summed E-state index contributed by atoms with van der Waals surface area (Å²) in [5.41, 5.74) is 0.395. The number of hydrogen-bond acceptors (Lipinski definition) is 8. The van der Waals surface area contributed by atoms with Gasteiger partial charge in [0.25, 0.3) is 0 Å². The minimum Gasteiger partial charge on any atom is -0.459 e. The van der Waals surface area contributed by atoms with E-state index in [0.29, 0.717) is 32.5 Å². The number of ether oxygens (including phenoxy) is 4. The Labute approximate surface area is 250 Å². The number of epoxide rings is 1. The Morgan fingerprint density at radius 1 is 1.14 bits per heavy atom. The molecule has 10 heteroatoms. The molecule has 3 saturated heterocycles. The lowest BCUT2D eigenvalue weighted by atomic mass is 9.87. The monoisotopic (exact) mass is 590 g/mol. The molecule has 0 bridgehead atoms. The number of allylic oxidation sites excluding steroid dienone is 2. The lowest BCUT2D eigenvalue weighted by molar-refractivity contribution is -0.151. The van der Waals surface area contributed by atoms with Gasteiger partial charge in [0.2, 0.25) is 11.8 Å². The van der Waals surface area contributed by atoms with E-state index in [9.17, 15) is 19.5 Å². The second kappa shape index (κ2) is 15.3. The Bertz CT molecular complexity index is 1030. The minimum absolute atomic E-state index is 0.00570. The van der Waals surface area contributed by atoms with Crippen LogP contribution in [-0.2, 0) is 33.3 Å². The third-order valence-corrected chi connectivity index (χ3v) is 8.44. The van der Waals surface area contributed by atoms with Crippen molar-refractivity contribution in [2.75, 3.05) is 19.7 Å². The highest BCUT2D eigenvalue weighted by Crippen LogP contribution is 2.43. The van der Waals surface area contributed by atoms with Crippen molar-refractivity contribution >= 4 is 17.8 Å². The van der Waals surface area contributed by atoms with Crippen molar-refractivity contribution in [3.8, 4) is 0 Å². The number of aliphatic hydroxyl groups is 1. The zero-order chi connectivity index (χ0) is 31.0. The van der Waals surface area contributed by atoms with Gasteiger partial charge >= 0.3 is 5.97 Å². The fourth-order valence-electron chi connectivity index (χ4n) is 5.79. The molecule has 3 aliphatic rings. The van der Waals surface area contributed by atoms with Gasteiger partial charge in [0.1, 0.15) is 23.9 Å². The summed E-state index contributed by atoms with van der Waals surface area (Å²) in [5, 5.41) is 13.9. The van der Waals surface area contributed by atoms with E-state index in [4.69, 9.17) is 18.9 Å². The average Bonchev–Trinajstić information content (AvgIpc) is 3.70. The Morgan fingerprint density at radius 2 is 1.83 bits per heavy atom. The molecule has 2 N–H and O–H groups in total. The maximum absolute atomic E-state index is 12.7. The lowest BCUT2D eigenvalue weighted by Gasteiger charge is -2.39. The average molecular weight is 591 g/mol. The van der Waals surface area contributed by atoms with Crippen molar-refractivity contribution in [3.05, 3.63) is 36.0 Å². The molecule has 0 aromatic heterocycles. The van der Waals surface area contributed by atoms with Gasteiger partial charge in [-0.25, -0.2) is 0 Å². The molecular formula is C32H50N2O8. The summed E-state index contributed by atoms with van der Waals surface area (Å²) in [7, 11) is 0. The maximum Gasteiger partial charge on any atom is 0.303 e. The van der Waals surface area contributed by atoms with Crippen LogP contribution in [0.5, 0.6) is 0 Å². The molecule has 2 amide bonds. The molecule has 3 rings (SSSR count). The molecule has 0 aromatic rings. The number of nitrogens with one attached hydrogen (secondary N) is 1. The molecule has 0 saturated carbocycles. The van der Waals surface area contributed by atoms with Crippen LogP contribution in [0.3, 0.4) is 0 Å². The summed E-state index contributed by atoms with van der Waals surface area (Å²) in [6.07, 6.45) is 8.89. The zero-order valence-electron chi connectivity index (χ0n) is 26.2. The van der Waals surface area contributed by atoms with Crippen LogP contribution in [-0.4, -0.2) is 95.8 Å². The predicted molar refractivity (Wildman–Crippen MR) is 158 cm³/mol. The van der Waals surface area contributed by atoms with Crippen molar-refractivity contribution in [3.63, 3.8) is 0 Å². The van der Waals surface area contributed by atoms with Crippen molar-refractivity contribution in [1.29, 1.82) is 0 Å². The maximum atomic E-state index is 12.7. The van der Waals surface area contributed by atoms with Gasteiger partial charge in [0.15, 0.2) is 0 Å². The number of carbonyl (C=O) groups excluding carboxylic acids is 3. The van der Waals surface area contributed by atoms with E-state index in [1.165, 1.54) is 13.0 Å². The summed E-state index contributed by atoms with van der Waals surface area (Å²) in [6, 6.07) is -0.120. The molecule has 0 radical (unpaired) electrons. The van der Waals surface area contributed by atoms with Crippen LogP contribution in [0.1, 0.15) is 74.1 Å². The largest absolute Gasteiger partial charge is 0.459 e. The van der Waals surface area contributed by atoms with Crippen LogP contribution in [0.2, 0.25) is 0 Å². The van der Waals surface area contributed by atoms with Gasteiger partial charge in [0.05, 0.1) is 37.4 Å². The van der Waals surface area contributed by atoms with E-state index in [1.54, 1.807) is 17.9 Å².